The van der Waals surface area contributed by atoms with Gasteiger partial charge in [-0.1, -0.05) is 6.07 Å². The highest BCUT2D eigenvalue weighted by Crippen LogP contribution is 2.35. The van der Waals surface area contributed by atoms with Crippen LogP contribution in [0.1, 0.15) is 19.2 Å². The Morgan fingerprint density at radius 3 is 3.00 bits per heavy atom. The van der Waals surface area contributed by atoms with Crippen LogP contribution < -0.4 is 4.74 Å². The molecule has 2 aromatic rings. The first-order valence-corrected chi connectivity index (χ1v) is 6.91. The van der Waals surface area contributed by atoms with Gasteiger partial charge < -0.3 is 14.0 Å². The Labute approximate surface area is 117 Å². The van der Waals surface area contributed by atoms with Crippen molar-refractivity contribution >= 4 is 22.6 Å². The molecule has 0 saturated carbocycles. The Morgan fingerprint density at radius 2 is 2.37 bits per heavy atom. The van der Waals surface area contributed by atoms with Crippen molar-refractivity contribution in [3.8, 4) is 5.75 Å². The molecule has 102 valence electrons. The van der Waals surface area contributed by atoms with E-state index < -0.39 is 0 Å². The third kappa shape index (κ3) is 1.90. The zero-order chi connectivity index (χ0) is 13.5. The molecule has 1 atom stereocenters. The highest BCUT2D eigenvalue weighted by atomic mass is 35.5. The summed E-state index contributed by atoms with van der Waals surface area (Å²) >= 11 is 6.07. The molecular formula is C14H17ClN2O2. The van der Waals surface area contributed by atoms with Gasteiger partial charge in [0.1, 0.15) is 17.1 Å². The van der Waals surface area contributed by atoms with E-state index in [4.69, 9.17) is 21.1 Å². The Hall–Kier alpha value is -1.26. The van der Waals surface area contributed by atoms with Gasteiger partial charge in [-0.3, -0.25) is 0 Å². The predicted molar refractivity (Wildman–Crippen MR) is 74.9 cm³/mol. The molecule has 1 saturated heterocycles. The van der Waals surface area contributed by atoms with Gasteiger partial charge in [0.15, 0.2) is 0 Å². The van der Waals surface area contributed by atoms with E-state index in [-0.39, 0.29) is 5.54 Å². The third-order valence-corrected chi connectivity index (χ3v) is 4.03. The van der Waals surface area contributed by atoms with Gasteiger partial charge in [0.2, 0.25) is 0 Å². The van der Waals surface area contributed by atoms with Crippen molar-refractivity contribution in [3.05, 3.63) is 24.0 Å². The van der Waals surface area contributed by atoms with Crippen molar-refractivity contribution in [2.75, 3.05) is 20.3 Å². The monoisotopic (exact) mass is 280 g/mol. The fraction of sp³-hybridized carbons (Fsp3) is 0.500. The van der Waals surface area contributed by atoms with Crippen molar-refractivity contribution < 1.29 is 9.47 Å². The van der Waals surface area contributed by atoms with Crippen molar-refractivity contribution in [2.45, 2.75) is 24.8 Å². The SMILES string of the molecule is COc1cccc2c1nc(CCl)n2C1(C)CCOC1. The number of imidazole rings is 1. The summed E-state index contributed by atoms with van der Waals surface area (Å²) in [4.78, 5) is 4.64. The topological polar surface area (TPSA) is 36.3 Å². The normalized spacial score (nSPS) is 23.1. The smallest absolute Gasteiger partial charge is 0.146 e. The molecule has 0 spiro atoms. The summed E-state index contributed by atoms with van der Waals surface area (Å²) in [5.74, 6) is 2.03. The molecule has 2 heterocycles. The molecule has 0 N–H and O–H groups in total. The fourth-order valence-electron chi connectivity index (χ4n) is 2.81. The van der Waals surface area contributed by atoms with E-state index in [1.54, 1.807) is 7.11 Å². The van der Waals surface area contributed by atoms with E-state index in [1.807, 2.05) is 12.1 Å². The molecule has 0 amide bonds. The van der Waals surface area contributed by atoms with Crippen molar-refractivity contribution in [1.82, 2.24) is 9.55 Å². The van der Waals surface area contributed by atoms with E-state index in [1.165, 1.54) is 0 Å². The van der Waals surface area contributed by atoms with Crippen molar-refractivity contribution in [2.24, 2.45) is 0 Å². The molecule has 1 unspecified atom stereocenters. The lowest BCUT2D eigenvalue weighted by Crippen LogP contribution is -2.31. The first kappa shape index (κ1) is 12.8. The van der Waals surface area contributed by atoms with Gasteiger partial charge >= 0.3 is 0 Å². The van der Waals surface area contributed by atoms with Crippen molar-refractivity contribution in [3.63, 3.8) is 0 Å². The third-order valence-electron chi connectivity index (χ3n) is 3.79. The molecule has 0 aliphatic carbocycles. The van der Waals surface area contributed by atoms with Gasteiger partial charge in [-0.25, -0.2) is 4.98 Å². The lowest BCUT2D eigenvalue weighted by atomic mass is 10.0. The first-order chi connectivity index (χ1) is 9.19. The summed E-state index contributed by atoms with van der Waals surface area (Å²) in [5, 5.41) is 0. The average Bonchev–Trinajstić information content (AvgIpc) is 3.02. The molecular weight excluding hydrogens is 264 g/mol. The molecule has 1 aliphatic heterocycles. The van der Waals surface area contributed by atoms with E-state index >= 15 is 0 Å². The molecule has 1 fully saturated rings. The molecule has 5 heteroatoms. The number of alkyl halides is 1. The maximum Gasteiger partial charge on any atom is 0.146 e. The number of hydrogen-bond donors (Lipinski definition) is 0. The number of benzene rings is 1. The predicted octanol–water partition coefficient (Wildman–Crippen LogP) is 2.92. The van der Waals surface area contributed by atoms with Crippen LogP contribution >= 0.6 is 11.6 Å². The second kappa shape index (κ2) is 4.69. The van der Waals surface area contributed by atoms with Crippen LogP contribution in [0.4, 0.5) is 0 Å². The summed E-state index contributed by atoms with van der Waals surface area (Å²) in [5.41, 5.74) is 1.85. The number of fused-ring (bicyclic) bond motifs is 1. The Kier molecular flexibility index (Phi) is 3.15. The molecule has 1 aliphatic rings. The van der Waals surface area contributed by atoms with Crippen LogP contribution in [-0.2, 0) is 16.2 Å². The molecule has 4 nitrogen and oxygen atoms in total. The van der Waals surface area contributed by atoms with E-state index in [9.17, 15) is 0 Å². The standard InChI is InChI=1S/C14H17ClN2O2/c1-14(6-7-19-9-14)17-10-4-3-5-11(18-2)13(10)16-12(17)8-15/h3-5H,6-9H2,1-2H3. The maximum atomic E-state index is 6.07. The number of ether oxygens (including phenoxy) is 2. The molecule has 3 rings (SSSR count). The molecule has 0 bridgehead atoms. The van der Waals surface area contributed by atoms with Crippen LogP contribution in [-0.4, -0.2) is 29.9 Å². The number of hydrogen-bond acceptors (Lipinski definition) is 3. The first-order valence-electron chi connectivity index (χ1n) is 6.38. The van der Waals surface area contributed by atoms with Crippen LogP contribution in [0.2, 0.25) is 0 Å². The summed E-state index contributed by atoms with van der Waals surface area (Å²) in [7, 11) is 1.66. The minimum atomic E-state index is -0.0780. The Bertz CT molecular complexity index is 603. The number of halogens is 1. The number of methoxy groups -OCH3 is 1. The zero-order valence-electron chi connectivity index (χ0n) is 11.1. The van der Waals surface area contributed by atoms with Crippen LogP contribution in [0.15, 0.2) is 18.2 Å². The molecule has 19 heavy (non-hydrogen) atoms. The lowest BCUT2D eigenvalue weighted by molar-refractivity contribution is 0.162. The van der Waals surface area contributed by atoms with E-state index in [0.717, 1.165) is 35.6 Å². The van der Waals surface area contributed by atoms with Crippen molar-refractivity contribution in [1.29, 1.82) is 0 Å². The van der Waals surface area contributed by atoms with E-state index in [0.29, 0.717) is 12.5 Å². The highest BCUT2D eigenvalue weighted by Gasteiger charge is 2.35. The zero-order valence-corrected chi connectivity index (χ0v) is 11.9. The number of aromatic nitrogens is 2. The summed E-state index contributed by atoms with van der Waals surface area (Å²) < 4.78 is 13.2. The Balaban J connectivity index is 2.27. The summed E-state index contributed by atoms with van der Waals surface area (Å²) in [6.07, 6.45) is 0.972. The van der Waals surface area contributed by atoms with Crippen LogP contribution in [0.3, 0.4) is 0 Å². The molecule has 1 aromatic carbocycles. The minimum Gasteiger partial charge on any atom is -0.494 e. The second-order valence-electron chi connectivity index (χ2n) is 5.12. The van der Waals surface area contributed by atoms with Gasteiger partial charge in [0.05, 0.1) is 30.7 Å². The maximum absolute atomic E-state index is 6.07. The lowest BCUT2D eigenvalue weighted by Gasteiger charge is -2.26. The van der Waals surface area contributed by atoms with E-state index in [2.05, 4.69) is 22.5 Å². The Morgan fingerprint density at radius 1 is 1.53 bits per heavy atom. The number of rotatable bonds is 3. The van der Waals surface area contributed by atoms with Crippen LogP contribution in [0.5, 0.6) is 5.75 Å². The molecule has 1 aromatic heterocycles. The second-order valence-corrected chi connectivity index (χ2v) is 5.39. The van der Waals surface area contributed by atoms with Gasteiger partial charge in [0, 0.05) is 6.61 Å². The summed E-state index contributed by atoms with van der Waals surface area (Å²) in [6, 6.07) is 5.96. The van der Waals surface area contributed by atoms with Crippen LogP contribution in [0, 0.1) is 0 Å². The number of nitrogens with zero attached hydrogens (tertiary/aromatic N) is 2. The quantitative estimate of drug-likeness (QED) is 0.811. The fourth-order valence-corrected chi connectivity index (χ4v) is 2.99. The number of para-hydroxylation sites is 1. The molecule has 0 radical (unpaired) electrons. The minimum absolute atomic E-state index is 0.0780. The average molecular weight is 281 g/mol. The summed E-state index contributed by atoms with van der Waals surface area (Å²) in [6.45, 7) is 3.66. The largest absolute Gasteiger partial charge is 0.494 e. The highest BCUT2D eigenvalue weighted by molar-refractivity contribution is 6.16. The van der Waals surface area contributed by atoms with Crippen LogP contribution in [0.25, 0.3) is 11.0 Å². The van der Waals surface area contributed by atoms with Gasteiger partial charge in [-0.2, -0.15) is 0 Å². The van der Waals surface area contributed by atoms with Gasteiger partial charge in [0.25, 0.3) is 0 Å². The van der Waals surface area contributed by atoms with Gasteiger partial charge in [-0.15, -0.1) is 11.6 Å². The van der Waals surface area contributed by atoms with Gasteiger partial charge in [-0.05, 0) is 25.5 Å².